The first-order chi connectivity index (χ1) is 11.3. The highest BCUT2D eigenvalue weighted by Gasteiger charge is 2.04. The first-order valence-corrected chi connectivity index (χ1v) is 8.17. The molecule has 0 atom stereocenters. The summed E-state index contributed by atoms with van der Waals surface area (Å²) in [5.41, 5.74) is 3.97. The topological polar surface area (TPSA) is 37.3 Å². The predicted octanol–water partition coefficient (Wildman–Crippen LogP) is 4.91. The summed E-state index contributed by atoms with van der Waals surface area (Å²) in [5, 5.41) is 0. The van der Waals surface area contributed by atoms with Crippen molar-refractivity contribution in [2.75, 3.05) is 0 Å². The standard InChI is InChI=1S/C16H14N2O.2C2H6/c1-2-12-5-3-6-13(9-12)10-14-11-17-16(19)15-7-4-8-18(14)15;2*1-2/h2-9,11H,1,10H2,(H,17,19);2*1-2H3. The molecule has 0 unspecified atom stereocenters. The van der Waals surface area contributed by atoms with Gasteiger partial charge in [-0.15, -0.1) is 0 Å². The minimum absolute atomic E-state index is 0.0615. The van der Waals surface area contributed by atoms with Crippen LogP contribution in [0.5, 0.6) is 0 Å². The molecule has 0 spiro atoms. The van der Waals surface area contributed by atoms with Crippen molar-refractivity contribution in [2.45, 2.75) is 34.1 Å². The maximum atomic E-state index is 11.7. The zero-order chi connectivity index (χ0) is 17.2. The number of nitrogens with zero attached hydrogens (tertiary/aromatic N) is 1. The van der Waals surface area contributed by atoms with Crippen LogP contribution in [0.2, 0.25) is 0 Å². The maximum absolute atomic E-state index is 11.7. The number of hydrogen-bond donors (Lipinski definition) is 1. The molecule has 3 rings (SSSR count). The molecule has 3 heteroatoms. The SMILES string of the molecule is C=Cc1cccc(Cc2c[nH]c(=O)c3cccn23)c1.CC.CC. The molecular weight excluding hydrogens is 284 g/mol. The first-order valence-electron chi connectivity index (χ1n) is 8.17. The van der Waals surface area contributed by atoms with Crippen LogP contribution < -0.4 is 5.56 Å². The molecule has 122 valence electrons. The lowest BCUT2D eigenvalue weighted by Gasteiger charge is -2.06. The van der Waals surface area contributed by atoms with Crippen molar-refractivity contribution in [1.29, 1.82) is 0 Å². The summed E-state index contributed by atoms with van der Waals surface area (Å²) < 4.78 is 1.93. The molecule has 0 aliphatic heterocycles. The van der Waals surface area contributed by atoms with E-state index in [4.69, 9.17) is 0 Å². The van der Waals surface area contributed by atoms with Gasteiger partial charge in [0.1, 0.15) is 5.52 Å². The van der Waals surface area contributed by atoms with Gasteiger partial charge in [0.05, 0.1) is 0 Å². The zero-order valence-corrected chi connectivity index (χ0v) is 14.5. The Bertz CT molecular complexity index is 797. The fourth-order valence-corrected chi connectivity index (χ4v) is 2.28. The van der Waals surface area contributed by atoms with Gasteiger partial charge in [-0.25, -0.2) is 0 Å². The summed E-state index contributed by atoms with van der Waals surface area (Å²) in [4.78, 5) is 14.4. The predicted molar refractivity (Wildman–Crippen MR) is 100 cm³/mol. The lowest BCUT2D eigenvalue weighted by molar-refractivity contribution is 0.969. The smallest absolute Gasteiger partial charge is 0.272 e. The Kier molecular flexibility index (Phi) is 7.61. The highest BCUT2D eigenvalue weighted by atomic mass is 16.1. The second kappa shape index (κ2) is 9.46. The van der Waals surface area contributed by atoms with Crippen LogP contribution in [0.15, 0.2) is 60.2 Å². The largest absolute Gasteiger partial charge is 0.326 e. The molecule has 0 saturated carbocycles. The number of rotatable bonds is 3. The molecule has 3 nitrogen and oxygen atoms in total. The van der Waals surface area contributed by atoms with E-state index in [1.165, 1.54) is 5.56 Å². The number of hydrogen-bond acceptors (Lipinski definition) is 1. The zero-order valence-electron chi connectivity index (χ0n) is 14.5. The molecule has 0 bridgehead atoms. The number of H-pyrrole nitrogens is 1. The number of aromatic amines is 1. The quantitative estimate of drug-likeness (QED) is 0.733. The summed E-state index contributed by atoms with van der Waals surface area (Å²) in [6.07, 6.45) is 6.29. The van der Waals surface area contributed by atoms with E-state index in [1.807, 2.05) is 68.6 Å². The number of benzene rings is 1. The molecule has 2 aromatic heterocycles. The van der Waals surface area contributed by atoms with Crippen LogP contribution in [0, 0.1) is 0 Å². The Morgan fingerprint density at radius 2 is 1.87 bits per heavy atom. The van der Waals surface area contributed by atoms with Crippen LogP contribution in [-0.2, 0) is 6.42 Å². The van der Waals surface area contributed by atoms with E-state index in [1.54, 1.807) is 6.20 Å². The van der Waals surface area contributed by atoms with Gasteiger partial charge in [-0.05, 0) is 23.3 Å². The van der Waals surface area contributed by atoms with E-state index in [9.17, 15) is 4.79 Å². The normalized spacial score (nSPS) is 9.39. The van der Waals surface area contributed by atoms with Crippen molar-refractivity contribution in [3.8, 4) is 0 Å². The van der Waals surface area contributed by atoms with E-state index in [-0.39, 0.29) is 5.56 Å². The summed E-state index contributed by atoms with van der Waals surface area (Å²) in [7, 11) is 0. The van der Waals surface area contributed by atoms with E-state index in [0.29, 0.717) is 5.52 Å². The molecule has 0 amide bonds. The van der Waals surface area contributed by atoms with E-state index in [2.05, 4.69) is 23.7 Å². The van der Waals surface area contributed by atoms with Crippen LogP contribution in [0.3, 0.4) is 0 Å². The van der Waals surface area contributed by atoms with E-state index < -0.39 is 0 Å². The van der Waals surface area contributed by atoms with Gasteiger partial charge in [-0.3, -0.25) is 4.79 Å². The molecular formula is C20H26N2O. The second-order valence-electron chi connectivity index (χ2n) is 4.50. The van der Waals surface area contributed by atoms with Crippen LogP contribution in [0.4, 0.5) is 0 Å². The Hall–Kier alpha value is -2.55. The van der Waals surface area contributed by atoms with Gasteiger partial charge in [-0.1, -0.05) is 64.6 Å². The molecule has 2 heterocycles. The lowest BCUT2D eigenvalue weighted by Crippen LogP contribution is -2.11. The van der Waals surface area contributed by atoms with Gasteiger partial charge in [0.25, 0.3) is 5.56 Å². The van der Waals surface area contributed by atoms with E-state index in [0.717, 1.165) is 17.7 Å². The molecule has 23 heavy (non-hydrogen) atoms. The maximum Gasteiger partial charge on any atom is 0.272 e. The fourth-order valence-electron chi connectivity index (χ4n) is 2.28. The van der Waals surface area contributed by atoms with Gasteiger partial charge in [0, 0.05) is 24.5 Å². The minimum Gasteiger partial charge on any atom is -0.326 e. The Labute approximate surface area is 138 Å². The first kappa shape index (κ1) is 18.5. The molecule has 1 N–H and O–H groups in total. The number of nitrogens with one attached hydrogen (secondary N) is 1. The average Bonchev–Trinajstić information content (AvgIpc) is 3.12. The van der Waals surface area contributed by atoms with Gasteiger partial charge in [0.15, 0.2) is 0 Å². The summed E-state index contributed by atoms with van der Waals surface area (Å²) in [6, 6.07) is 11.9. The third-order valence-corrected chi connectivity index (χ3v) is 3.23. The highest BCUT2D eigenvalue weighted by molar-refractivity contribution is 5.49. The third-order valence-electron chi connectivity index (χ3n) is 3.23. The van der Waals surface area contributed by atoms with Gasteiger partial charge >= 0.3 is 0 Å². The van der Waals surface area contributed by atoms with Gasteiger partial charge in [-0.2, -0.15) is 0 Å². The molecule has 0 fully saturated rings. The van der Waals surface area contributed by atoms with Crippen molar-refractivity contribution in [2.24, 2.45) is 0 Å². The lowest BCUT2D eigenvalue weighted by atomic mass is 10.1. The van der Waals surface area contributed by atoms with Gasteiger partial charge < -0.3 is 9.38 Å². The monoisotopic (exact) mass is 310 g/mol. The average molecular weight is 310 g/mol. The van der Waals surface area contributed by atoms with Crippen LogP contribution >= 0.6 is 0 Å². The van der Waals surface area contributed by atoms with Crippen molar-refractivity contribution >= 4 is 11.6 Å². The molecule has 3 aromatic rings. The van der Waals surface area contributed by atoms with Crippen molar-refractivity contribution in [1.82, 2.24) is 9.38 Å². The molecule has 1 aromatic carbocycles. The molecule has 0 aliphatic carbocycles. The Morgan fingerprint density at radius 3 is 2.57 bits per heavy atom. The minimum atomic E-state index is -0.0615. The molecule has 0 radical (unpaired) electrons. The summed E-state index contributed by atoms with van der Waals surface area (Å²) in [5.74, 6) is 0. The fraction of sp³-hybridized carbons (Fsp3) is 0.250. The number of fused-ring (bicyclic) bond motifs is 1. The Balaban J connectivity index is 0.000000615. The molecule has 0 aliphatic rings. The second-order valence-corrected chi connectivity index (χ2v) is 4.50. The van der Waals surface area contributed by atoms with Crippen molar-refractivity contribution < 1.29 is 0 Å². The van der Waals surface area contributed by atoms with Crippen LogP contribution in [-0.4, -0.2) is 9.38 Å². The highest BCUT2D eigenvalue weighted by Crippen LogP contribution is 2.12. The number of aromatic nitrogens is 2. The summed E-state index contributed by atoms with van der Waals surface area (Å²) >= 11 is 0. The van der Waals surface area contributed by atoms with Crippen LogP contribution in [0.1, 0.15) is 44.5 Å². The summed E-state index contributed by atoms with van der Waals surface area (Å²) in [6.45, 7) is 11.8. The van der Waals surface area contributed by atoms with Crippen LogP contribution in [0.25, 0.3) is 11.6 Å². The van der Waals surface area contributed by atoms with E-state index >= 15 is 0 Å². The third kappa shape index (κ3) is 4.46. The van der Waals surface area contributed by atoms with Gasteiger partial charge in [0.2, 0.25) is 0 Å². The van der Waals surface area contributed by atoms with Crippen molar-refractivity contribution in [3.05, 3.63) is 82.5 Å². The Morgan fingerprint density at radius 1 is 1.13 bits per heavy atom. The molecule has 0 saturated heterocycles. The van der Waals surface area contributed by atoms with Crippen molar-refractivity contribution in [3.63, 3.8) is 0 Å².